The fourth-order valence-electron chi connectivity index (χ4n) is 5.28. The molecular weight excluding hydrogens is 424 g/mol. The Bertz CT molecular complexity index is 876. The van der Waals surface area contributed by atoms with E-state index < -0.39 is 0 Å². The predicted molar refractivity (Wildman–Crippen MR) is 123 cm³/mol. The minimum Gasteiger partial charge on any atom is -0.508 e. The van der Waals surface area contributed by atoms with Crippen molar-refractivity contribution in [3.63, 3.8) is 0 Å². The second-order valence-electron chi connectivity index (χ2n) is 9.01. The van der Waals surface area contributed by atoms with Crippen LogP contribution in [0.5, 0.6) is 5.75 Å². The van der Waals surface area contributed by atoms with Crippen molar-refractivity contribution in [3.8, 4) is 5.75 Å². The first kappa shape index (κ1) is 24.9. The highest BCUT2D eigenvalue weighted by Gasteiger charge is 2.56. The molecule has 2 atom stereocenters. The number of benzene rings is 2. The molecule has 0 aromatic heterocycles. The van der Waals surface area contributed by atoms with Crippen LogP contribution in [0.3, 0.4) is 0 Å². The molecule has 2 aromatic carbocycles. The maximum Gasteiger partial charge on any atom is 0.128 e. The van der Waals surface area contributed by atoms with Crippen molar-refractivity contribution in [2.24, 2.45) is 5.41 Å². The average Bonchev–Trinajstić information content (AvgIpc) is 2.65. The number of rotatable bonds is 5. The summed E-state index contributed by atoms with van der Waals surface area (Å²) in [5.74, 6) is 0.207. The Labute approximate surface area is 191 Å². The zero-order chi connectivity index (χ0) is 19.9. The lowest BCUT2D eigenvalue weighted by Gasteiger charge is -2.61. The summed E-state index contributed by atoms with van der Waals surface area (Å²) in [7, 11) is 0. The van der Waals surface area contributed by atoms with Crippen molar-refractivity contribution in [3.05, 3.63) is 65.0 Å². The van der Waals surface area contributed by atoms with E-state index in [1.54, 1.807) is 18.2 Å². The van der Waals surface area contributed by atoms with E-state index in [1.165, 1.54) is 11.6 Å². The molecule has 1 saturated heterocycles. The third-order valence-corrected chi connectivity index (χ3v) is 7.48. The van der Waals surface area contributed by atoms with Crippen molar-refractivity contribution >= 4 is 24.8 Å². The predicted octanol–water partition coefficient (Wildman–Crippen LogP) is 5.51. The lowest BCUT2D eigenvalue weighted by Crippen LogP contribution is -2.64. The Kier molecular flexibility index (Phi) is 7.84. The number of hydrogen-bond acceptors (Lipinski definition) is 3. The SMILES string of the molecule is CC1(C)[C@H]2Cc3c(O)cccc3[C@]1(C)CCN2CCOCc1ccccc1F.Cl.Cl. The molecule has 30 heavy (non-hydrogen) atoms. The Balaban J connectivity index is 0.00000160. The Hall–Kier alpha value is -1.33. The fourth-order valence-corrected chi connectivity index (χ4v) is 5.28. The highest BCUT2D eigenvalue weighted by molar-refractivity contribution is 5.85. The van der Waals surface area contributed by atoms with Crippen molar-refractivity contribution in [1.29, 1.82) is 0 Å². The molecule has 1 N–H and O–H groups in total. The molecular formula is C24H32Cl2FNO2. The number of halogens is 3. The van der Waals surface area contributed by atoms with Crippen LogP contribution in [0.4, 0.5) is 4.39 Å². The molecule has 1 heterocycles. The van der Waals surface area contributed by atoms with Crippen LogP contribution in [0, 0.1) is 11.2 Å². The van der Waals surface area contributed by atoms with Gasteiger partial charge in [-0.05, 0) is 48.1 Å². The topological polar surface area (TPSA) is 32.7 Å². The summed E-state index contributed by atoms with van der Waals surface area (Å²) in [6.07, 6.45) is 1.91. The normalized spacial score (nSPS) is 24.3. The summed E-state index contributed by atoms with van der Waals surface area (Å²) in [6, 6.07) is 13.1. The molecule has 1 aliphatic carbocycles. The smallest absolute Gasteiger partial charge is 0.128 e. The molecule has 0 amide bonds. The summed E-state index contributed by atoms with van der Waals surface area (Å²) in [4.78, 5) is 2.50. The number of aromatic hydroxyl groups is 1. The highest BCUT2D eigenvalue weighted by atomic mass is 35.5. The van der Waals surface area contributed by atoms with Crippen molar-refractivity contribution in [2.45, 2.75) is 51.7 Å². The van der Waals surface area contributed by atoms with E-state index in [1.807, 2.05) is 12.1 Å². The van der Waals surface area contributed by atoms with Gasteiger partial charge in [0.15, 0.2) is 0 Å². The largest absolute Gasteiger partial charge is 0.508 e. The summed E-state index contributed by atoms with van der Waals surface area (Å²) in [5, 5.41) is 10.5. The van der Waals surface area contributed by atoms with Crippen LogP contribution in [0.15, 0.2) is 42.5 Å². The average molecular weight is 456 g/mol. The van der Waals surface area contributed by atoms with Gasteiger partial charge in [-0.3, -0.25) is 4.90 Å². The number of phenolic OH excluding ortho intramolecular Hbond substituents is 1. The van der Waals surface area contributed by atoms with E-state index >= 15 is 0 Å². The molecule has 6 heteroatoms. The number of piperidine rings is 1. The first-order valence-electron chi connectivity index (χ1n) is 10.2. The molecule has 3 nitrogen and oxygen atoms in total. The van der Waals surface area contributed by atoms with Crippen LogP contribution in [0.25, 0.3) is 0 Å². The quantitative estimate of drug-likeness (QED) is 0.603. The van der Waals surface area contributed by atoms with Crippen molar-refractivity contribution in [2.75, 3.05) is 19.7 Å². The maximum atomic E-state index is 13.7. The summed E-state index contributed by atoms with van der Waals surface area (Å²) >= 11 is 0. The van der Waals surface area contributed by atoms with Gasteiger partial charge in [-0.25, -0.2) is 4.39 Å². The minimum absolute atomic E-state index is 0. The van der Waals surface area contributed by atoms with Gasteiger partial charge in [0.25, 0.3) is 0 Å². The number of ether oxygens (including phenoxy) is 1. The van der Waals surface area contributed by atoms with Crippen LogP contribution in [-0.4, -0.2) is 35.7 Å². The van der Waals surface area contributed by atoms with Crippen molar-refractivity contribution in [1.82, 2.24) is 4.90 Å². The van der Waals surface area contributed by atoms with Gasteiger partial charge in [0.1, 0.15) is 11.6 Å². The number of phenols is 1. The second-order valence-corrected chi connectivity index (χ2v) is 9.01. The molecule has 1 aliphatic heterocycles. The van der Waals surface area contributed by atoms with Gasteiger partial charge in [0, 0.05) is 23.6 Å². The van der Waals surface area contributed by atoms with E-state index in [0.717, 1.165) is 31.5 Å². The maximum absolute atomic E-state index is 13.7. The lowest BCUT2D eigenvalue weighted by molar-refractivity contribution is -0.0497. The fraction of sp³-hybridized carbons (Fsp3) is 0.500. The number of hydrogen-bond donors (Lipinski definition) is 1. The highest BCUT2D eigenvalue weighted by Crippen LogP contribution is 2.57. The number of nitrogens with zero attached hydrogens (tertiary/aromatic N) is 1. The van der Waals surface area contributed by atoms with Crippen LogP contribution in [0.1, 0.15) is 43.9 Å². The van der Waals surface area contributed by atoms with Crippen LogP contribution in [0.2, 0.25) is 0 Å². The third-order valence-electron chi connectivity index (χ3n) is 7.48. The van der Waals surface area contributed by atoms with Gasteiger partial charge in [-0.2, -0.15) is 0 Å². The second kappa shape index (κ2) is 9.44. The summed E-state index contributed by atoms with van der Waals surface area (Å²) in [6.45, 7) is 9.78. The Morgan fingerprint density at radius 3 is 2.57 bits per heavy atom. The van der Waals surface area contributed by atoms with E-state index in [-0.39, 0.29) is 41.5 Å². The molecule has 1 fully saturated rings. The molecule has 2 bridgehead atoms. The first-order valence-corrected chi connectivity index (χ1v) is 10.2. The first-order chi connectivity index (χ1) is 13.3. The van der Waals surface area contributed by atoms with E-state index in [9.17, 15) is 9.50 Å². The van der Waals surface area contributed by atoms with E-state index in [4.69, 9.17) is 4.74 Å². The Morgan fingerprint density at radius 2 is 1.83 bits per heavy atom. The zero-order valence-electron chi connectivity index (χ0n) is 17.9. The molecule has 0 saturated carbocycles. The molecule has 166 valence electrons. The summed E-state index contributed by atoms with van der Waals surface area (Å²) < 4.78 is 19.5. The van der Waals surface area contributed by atoms with E-state index in [0.29, 0.717) is 30.6 Å². The molecule has 0 radical (unpaired) electrons. The molecule has 2 aliphatic rings. The van der Waals surface area contributed by atoms with Crippen LogP contribution in [-0.2, 0) is 23.2 Å². The van der Waals surface area contributed by atoms with Gasteiger partial charge >= 0.3 is 0 Å². The van der Waals surface area contributed by atoms with Gasteiger partial charge in [0.2, 0.25) is 0 Å². The monoisotopic (exact) mass is 455 g/mol. The molecule has 0 unspecified atom stereocenters. The lowest BCUT2D eigenvalue weighted by atomic mass is 9.51. The van der Waals surface area contributed by atoms with Gasteiger partial charge in [-0.15, -0.1) is 24.8 Å². The summed E-state index contributed by atoms with van der Waals surface area (Å²) in [5.41, 5.74) is 3.16. The minimum atomic E-state index is -0.211. The molecule has 4 rings (SSSR count). The third kappa shape index (κ3) is 4.08. The number of likely N-dealkylation sites (tertiary alicyclic amines) is 1. The van der Waals surface area contributed by atoms with Gasteiger partial charge < -0.3 is 9.84 Å². The molecule has 2 aromatic rings. The van der Waals surface area contributed by atoms with Crippen LogP contribution >= 0.6 is 24.8 Å². The van der Waals surface area contributed by atoms with E-state index in [2.05, 4.69) is 31.7 Å². The van der Waals surface area contributed by atoms with Gasteiger partial charge in [-0.1, -0.05) is 51.1 Å². The van der Waals surface area contributed by atoms with Gasteiger partial charge in [0.05, 0.1) is 13.2 Å². The van der Waals surface area contributed by atoms with Crippen LogP contribution < -0.4 is 0 Å². The van der Waals surface area contributed by atoms with Crippen molar-refractivity contribution < 1.29 is 14.2 Å². The zero-order valence-corrected chi connectivity index (χ0v) is 19.5. The Morgan fingerprint density at radius 1 is 1.10 bits per heavy atom. The number of fused-ring (bicyclic) bond motifs is 4. The molecule has 0 spiro atoms. The standard InChI is InChI=1S/C24H30FNO2.2ClH/c1-23(2)22-15-18-19(8-6-10-21(18)27)24(23,3)11-12-26(22)13-14-28-16-17-7-4-5-9-20(17)25;;/h4-10,22,27H,11-16H2,1-3H3;2*1H/t22-,24+;;/m1../s1.